The van der Waals surface area contributed by atoms with Crippen LogP contribution in [0.4, 0.5) is 0 Å². The molecule has 47 valence electrons. The van der Waals surface area contributed by atoms with Gasteiger partial charge in [-0.25, -0.2) is 0 Å². The van der Waals surface area contributed by atoms with Crippen molar-refractivity contribution < 1.29 is 0 Å². The third kappa shape index (κ3) is 1.57. The molecule has 1 aromatic rings. The van der Waals surface area contributed by atoms with E-state index in [-0.39, 0.29) is 0 Å². The first-order valence-electron chi connectivity index (χ1n) is 2.94. The summed E-state index contributed by atoms with van der Waals surface area (Å²) in [5.74, 6) is 0. The molecule has 0 aliphatic rings. The van der Waals surface area contributed by atoms with Gasteiger partial charge >= 0.3 is 63.6 Å². The van der Waals surface area contributed by atoms with Crippen LogP contribution in [0, 0.1) is 13.8 Å². The predicted octanol–water partition coefficient (Wildman–Crippen LogP) is 1.10. The first-order valence-corrected chi connectivity index (χ1v) is 3.80. The van der Waals surface area contributed by atoms with Gasteiger partial charge in [0.1, 0.15) is 0 Å². The zero-order chi connectivity index (χ0) is 6.85. The molecule has 0 spiro atoms. The Morgan fingerprint density at radius 2 is 1.89 bits per heavy atom. The van der Waals surface area contributed by atoms with Crippen LogP contribution in [0.5, 0.6) is 0 Å². The zero-order valence-electron chi connectivity index (χ0n) is 5.64. The van der Waals surface area contributed by atoms with E-state index in [4.69, 9.17) is 0 Å². The molecule has 0 N–H and O–H groups in total. The van der Waals surface area contributed by atoms with Crippen LogP contribution in [0.3, 0.4) is 0 Å². The second-order valence-corrected chi connectivity index (χ2v) is 3.19. The van der Waals surface area contributed by atoms with Gasteiger partial charge in [0.25, 0.3) is 0 Å². The number of rotatable bonds is 0. The van der Waals surface area contributed by atoms with E-state index in [0.717, 1.165) is 0 Å². The van der Waals surface area contributed by atoms with Crippen molar-refractivity contribution in [2.24, 2.45) is 0 Å². The molecular weight excluding hydrogens is 175 g/mol. The summed E-state index contributed by atoms with van der Waals surface area (Å²) in [6.45, 7) is 4.21. The molecular formula is C8H9Se. The fraction of sp³-hybridized carbons (Fsp3) is 0.250. The Morgan fingerprint density at radius 3 is 2.33 bits per heavy atom. The molecule has 1 aromatic carbocycles. The first kappa shape index (κ1) is 6.85. The van der Waals surface area contributed by atoms with Gasteiger partial charge in [-0.1, -0.05) is 0 Å². The third-order valence-electron chi connectivity index (χ3n) is 1.33. The Balaban J connectivity index is 3.17. The maximum atomic E-state index is 3.00. The van der Waals surface area contributed by atoms with Crippen molar-refractivity contribution in [2.45, 2.75) is 13.8 Å². The van der Waals surface area contributed by atoms with Gasteiger partial charge in [0.05, 0.1) is 0 Å². The van der Waals surface area contributed by atoms with E-state index in [1.165, 1.54) is 15.6 Å². The van der Waals surface area contributed by atoms with Crippen molar-refractivity contribution in [3.05, 3.63) is 29.3 Å². The summed E-state index contributed by atoms with van der Waals surface area (Å²) in [5.41, 5.74) is 2.65. The minimum absolute atomic E-state index is 1.25. The Labute approximate surface area is 64.1 Å². The van der Waals surface area contributed by atoms with Gasteiger partial charge in [-0.15, -0.1) is 0 Å². The summed E-state index contributed by atoms with van der Waals surface area (Å²) < 4.78 is 1.25. The van der Waals surface area contributed by atoms with Crippen LogP contribution in [-0.4, -0.2) is 16.0 Å². The monoisotopic (exact) mass is 185 g/mol. The van der Waals surface area contributed by atoms with Crippen molar-refractivity contribution in [1.82, 2.24) is 0 Å². The molecule has 1 rings (SSSR count). The van der Waals surface area contributed by atoms with Gasteiger partial charge in [0, 0.05) is 0 Å². The van der Waals surface area contributed by atoms with Crippen molar-refractivity contribution in [3.8, 4) is 0 Å². The molecule has 0 bridgehead atoms. The molecule has 0 nitrogen and oxygen atoms in total. The Kier molecular flexibility index (Phi) is 1.94. The summed E-state index contributed by atoms with van der Waals surface area (Å²) in [5, 5.41) is 0. The number of hydrogen-bond donors (Lipinski definition) is 0. The van der Waals surface area contributed by atoms with E-state index < -0.39 is 0 Å². The molecule has 0 aliphatic carbocycles. The van der Waals surface area contributed by atoms with Crippen LogP contribution in [0.1, 0.15) is 11.1 Å². The zero-order valence-corrected chi connectivity index (χ0v) is 7.35. The molecule has 0 aromatic heterocycles. The standard InChI is InChI=1S/C8H9Se/c1-6-3-4-8(9)7(2)5-6/h3-5H,1-2H3. The van der Waals surface area contributed by atoms with Gasteiger partial charge in [-0.3, -0.25) is 0 Å². The molecule has 0 amide bonds. The molecule has 0 aliphatic heterocycles. The number of hydrogen-bond acceptors (Lipinski definition) is 0. The molecule has 9 heavy (non-hydrogen) atoms. The molecule has 0 saturated heterocycles. The van der Waals surface area contributed by atoms with E-state index in [0.29, 0.717) is 0 Å². The second-order valence-electron chi connectivity index (χ2n) is 2.27. The fourth-order valence-corrected chi connectivity index (χ4v) is 1.07. The molecule has 0 heterocycles. The second kappa shape index (κ2) is 2.55. The maximum absolute atomic E-state index is 3.00. The van der Waals surface area contributed by atoms with E-state index in [1.54, 1.807) is 0 Å². The third-order valence-corrected chi connectivity index (χ3v) is 2.29. The number of benzene rings is 1. The van der Waals surface area contributed by atoms with E-state index >= 15 is 0 Å². The van der Waals surface area contributed by atoms with Gasteiger partial charge in [-0.2, -0.15) is 0 Å². The quantitative estimate of drug-likeness (QED) is 0.529. The number of aryl methyl sites for hydroxylation is 2. The van der Waals surface area contributed by atoms with Crippen LogP contribution >= 0.6 is 0 Å². The summed E-state index contributed by atoms with van der Waals surface area (Å²) in [6, 6.07) is 6.38. The molecule has 0 atom stereocenters. The van der Waals surface area contributed by atoms with Crippen LogP contribution in [0.2, 0.25) is 0 Å². The minimum atomic E-state index is 1.25. The van der Waals surface area contributed by atoms with Crippen molar-refractivity contribution >= 4 is 20.5 Å². The van der Waals surface area contributed by atoms with E-state index in [1.807, 2.05) is 0 Å². The fourth-order valence-electron chi connectivity index (χ4n) is 0.799. The summed E-state index contributed by atoms with van der Waals surface area (Å²) in [7, 11) is 0. The molecule has 0 unspecified atom stereocenters. The van der Waals surface area contributed by atoms with Crippen molar-refractivity contribution in [1.29, 1.82) is 0 Å². The van der Waals surface area contributed by atoms with Crippen molar-refractivity contribution in [3.63, 3.8) is 0 Å². The van der Waals surface area contributed by atoms with E-state index in [9.17, 15) is 0 Å². The topological polar surface area (TPSA) is 0 Å². The van der Waals surface area contributed by atoms with E-state index in [2.05, 4.69) is 48.1 Å². The van der Waals surface area contributed by atoms with Crippen LogP contribution < -0.4 is 4.46 Å². The average molecular weight is 184 g/mol. The summed E-state index contributed by atoms with van der Waals surface area (Å²) >= 11 is 3.00. The summed E-state index contributed by atoms with van der Waals surface area (Å²) in [4.78, 5) is 0. The molecule has 1 radical (unpaired) electrons. The molecule has 0 saturated carbocycles. The van der Waals surface area contributed by atoms with Crippen LogP contribution in [0.25, 0.3) is 0 Å². The van der Waals surface area contributed by atoms with Gasteiger partial charge < -0.3 is 0 Å². The van der Waals surface area contributed by atoms with Gasteiger partial charge in [0.2, 0.25) is 0 Å². The molecule has 0 fully saturated rings. The van der Waals surface area contributed by atoms with Gasteiger partial charge in [-0.05, 0) is 0 Å². The van der Waals surface area contributed by atoms with Gasteiger partial charge in [0.15, 0.2) is 0 Å². The Morgan fingerprint density at radius 1 is 1.22 bits per heavy atom. The Bertz CT molecular complexity index is 216. The molecule has 1 heteroatoms. The first-order chi connectivity index (χ1) is 4.20. The van der Waals surface area contributed by atoms with Crippen molar-refractivity contribution in [2.75, 3.05) is 0 Å². The Hall–Kier alpha value is -0.261. The normalized spacial score (nSPS) is 9.56. The summed E-state index contributed by atoms with van der Waals surface area (Å²) in [6.07, 6.45) is 0. The van der Waals surface area contributed by atoms with Crippen LogP contribution in [-0.2, 0) is 0 Å². The SMILES string of the molecule is Cc1ccc([Se])c(C)c1. The van der Waals surface area contributed by atoms with Crippen LogP contribution in [0.15, 0.2) is 18.2 Å². The predicted molar refractivity (Wildman–Crippen MR) is 41.3 cm³/mol. The average Bonchev–Trinajstić information content (AvgIpc) is 1.80.